The van der Waals surface area contributed by atoms with E-state index in [0.29, 0.717) is 0 Å². The number of alkyl halides is 7. The Balaban J connectivity index is 4.44. The highest BCUT2D eigenvalue weighted by molar-refractivity contribution is 4.88. The van der Waals surface area contributed by atoms with Crippen LogP contribution < -0.4 is 0 Å². The maximum absolute atomic E-state index is 11.9. The summed E-state index contributed by atoms with van der Waals surface area (Å²) in [5, 5.41) is 0. The van der Waals surface area contributed by atoms with Crippen molar-refractivity contribution in [2.45, 2.75) is 24.4 Å². The highest BCUT2D eigenvalue weighted by Crippen LogP contribution is 2.41. The van der Waals surface area contributed by atoms with E-state index in [0.717, 1.165) is 0 Å². The van der Waals surface area contributed by atoms with Gasteiger partial charge in [-0.1, -0.05) is 0 Å². The van der Waals surface area contributed by atoms with Crippen molar-refractivity contribution in [2.75, 3.05) is 0 Å². The Bertz CT molecular complexity index is 150. The normalized spacial score (nSPS) is 15.0. The predicted octanol–water partition coefficient (Wildman–Crippen LogP) is 3.04. The summed E-state index contributed by atoms with van der Waals surface area (Å²) in [7, 11) is 0. The largest absolute Gasteiger partial charge is 0.395 e. The first-order valence-electron chi connectivity index (χ1n) is 2.63. The second-order valence-electron chi connectivity index (χ2n) is 2.20. The van der Waals surface area contributed by atoms with E-state index >= 15 is 0 Å². The third-order valence-corrected chi connectivity index (χ3v) is 0.958. The van der Waals surface area contributed by atoms with Crippen LogP contribution in [0.1, 0.15) is 6.42 Å². The lowest BCUT2D eigenvalue weighted by atomic mass is 10.1. The van der Waals surface area contributed by atoms with Gasteiger partial charge >= 0.3 is 18.0 Å². The van der Waals surface area contributed by atoms with Crippen LogP contribution in [0.2, 0.25) is 0 Å². The van der Waals surface area contributed by atoms with Crippen molar-refractivity contribution in [3.8, 4) is 0 Å². The SMILES string of the molecule is [CH2]C(F)(F)C(F)(F)CC(F)(F)F. The molecule has 0 N–H and O–H groups in total. The molecule has 12 heavy (non-hydrogen) atoms. The lowest BCUT2D eigenvalue weighted by molar-refractivity contribution is -0.248. The smallest absolute Gasteiger partial charge is 0.200 e. The van der Waals surface area contributed by atoms with Gasteiger partial charge in [0.15, 0.2) is 0 Å². The van der Waals surface area contributed by atoms with Crippen molar-refractivity contribution in [3.63, 3.8) is 0 Å². The van der Waals surface area contributed by atoms with Gasteiger partial charge in [0.05, 0.1) is 0 Å². The van der Waals surface area contributed by atoms with Crippen LogP contribution in [0.3, 0.4) is 0 Å². The van der Waals surface area contributed by atoms with Crippen molar-refractivity contribution >= 4 is 0 Å². The molecule has 1 radical (unpaired) electrons. The van der Waals surface area contributed by atoms with Crippen LogP contribution in [-0.4, -0.2) is 18.0 Å². The molecule has 0 rings (SSSR count). The quantitative estimate of drug-likeness (QED) is 0.597. The van der Waals surface area contributed by atoms with Gasteiger partial charge in [-0.05, 0) is 0 Å². The first-order chi connectivity index (χ1) is 4.96. The predicted molar refractivity (Wildman–Crippen MR) is 25.9 cm³/mol. The summed E-state index contributed by atoms with van der Waals surface area (Å²) in [4.78, 5) is 0. The molecule has 73 valence electrons. The maximum atomic E-state index is 11.9. The molecule has 0 nitrogen and oxygen atoms in total. The molecule has 0 fully saturated rings. The summed E-state index contributed by atoms with van der Waals surface area (Å²) in [6, 6.07) is 0. The van der Waals surface area contributed by atoms with Gasteiger partial charge in [-0.15, -0.1) is 0 Å². The van der Waals surface area contributed by atoms with Crippen LogP contribution >= 0.6 is 0 Å². The standard InChI is InChI=1S/C5H4F7/c1-3(6,7)4(8,9)2-5(10,11)12/h1-2H2. The second kappa shape index (κ2) is 2.77. The Kier molecular flexibility index (Phi) is 2.66. The van der Waals surface area contributed by atoms with Gasteiger partial charge < -0.3 is 0 Å². The Morgan fingerprint density at radius 1 is 0.833 bits per heavy atom. The lowest BCUT2D eigenvalue weighted by Gasteiger charge is -2.23. The molecule has 0 saturated carbocycles. The van der Waals surface area contributed by atoms with Gasteiger partial charge in [0.2, 0.25) is 0 Å². The highest BCUT2D eigenvalue weighted by Gasteiger charge is 2.57. The molecule has 0 aliphatic rings. The molecule has 0 aromatic carbocycles. The molecule has 0 unspecified atom stereocenters. The third-order valence-electron chi connectivity index (χ3n) is 0.958. The molecule has 0 aliphatic heterocycles. The molecule has 0 aliphatic carbocycles. The Morgan fingerprint density at radius 2 is 1.17 bits per heavy atom. The molecule has 0 atom stereocenters. The zero-order chi connectivity index (χ0) is 10.2. The molecule has 0 spiro atoms. The Hall–Kier alpha value is -0.490. The number of rotatable bonds is 2. The van der Waals surface area contributed by atoms with Gasteiger partial charge in [0.1, 0.15) is 6.42 Å². The van der Waals surface area contributed by atoms with Crippen LogP contribution in [0.25, 0.3) is 0 Å². The molecule has 0 aromatic heterocycles. The molecule has 0 bridgehead atoms. The zero-order valence-electron chi connectivity index (χ0n) is 5.56. The van der Waals surface area contributed by atoms with Crippen LogP contribution in [0.15, 0.2) is 0 Å². The summed E-state index contributed by atoms with van der Waals surface area (Å²) in [5.41, 5.74) is 0. The van der Waals surface area contributed by atoms with Crippen molar-refractivity contribution in [2.24, 2.45) is 0 Å². The second-order valence-corrected chi connectivity index (χ2v) is 2.20. The molecule has 7 heteroatoms. The Morgan fingerprint density at radius 3 is 1.25 bits per heavy atom. The van der Waals surface area contributed by atoms with Crippen molar-refractivity contribution in [1.82, 2.24) is 0 Å². The van der Waals surface area contributed by atoms with Crippen molar-refractivity contribution < 1.29 is 30.7 Å². The fourth-order valence-corrected chi connectivity index (χ4v) is 0.381. The number of hydrogen-bond acceptors (Lipinski definition) is 0. The van der Waals surface area contributed by atoms with E-state index in [2.05, 4.69) is 0 Å². The first kappa shape index (κ1) is 11.5. The van der Waals surface area contributed by atoms with E-state index in [1.54, 1.807) is 6.92 Å². The van der Waals surface area contributed by atoms with E-state index < -0.39 is 24.4 Å². The average Bonchev–Trinajstić information content (AvgIpc) is 1.52. The van der Waals surface area contributed by atoms with Gasteiger partial charge in [-0.3, -0.25) is 0 Å². The lowest BCUT2D eigenvalue weighted by Crippen LogP contribution is -2.41. The minimum atomic E-state index is -5.33. The number of hydrogen-bond donors (Lipinski definition) is 0. The average molecular weight is 197 g/mol. The van der Waals surface area contributed by atoms with Gasteiger partial charge in [-0.25, -0.2) is 0 Å². The van der Waals surface area contributed by atoms with Crippen LogP contribution in [0.5, 0.6) is 0 Å². The van der Waals surface area contributed by atoms with E-state index in [9.17, 15) is 30.7 Å². The van der Waals surface area contributed by atoms with E-state index in [4.69, 9.17) is 0 Å². The summed E-state index contributed by atoms with van der Waals surface area (Å²) in [5.74, 6) is -10.0. The monoisotopic (exact) mass is 197 g/mol. The fraction of sp³-hybridized carbons (Fsp3) is 0.800. The first-order valence-corrected chi connectivity index (χ1v) is 2.63. The van der Waals surface area contributed by atoms with Crippen LogP contribution in [0, 0.1) is 6.92 Å². The van der Waals surface area contributed by atoms with E-state index in [1.807, 2.05) is 0 Å². The third kappa shape index (κ3) is 3.27. The number of halogens is 7. The molecule has 0 saturated heterocycles. The van der Waals surface area contributed by atoms with Gasteiger partial charge in [-0.2, -0.15) is 30.7 Å². The van der Waals surface area contributed by atoms with Crippen LogP contribution in [0.4, 0.5) is 30.7 Å². The van der Waals surface area contributed by atoms with Crippen LogP contribution in [-0.2, 0) is 0 Å². The minimum Gasteiger partial charge on any atom is -0.200 e. The molecular formula is C5H4F7. The summed E-state index contributed by atoms with van der Waals surface area (Å²) in [6.07, 6.45) is -8.19. The minimum absolute atomic E-state index is 1.64. The maximum Gasteiger partial charge on any atom is 0.395 e. The fourth-order valence-electron chi connectivity index (χ4n) is 0.381. The van der Waals surface area contributed by atoms with Gasteiger partial charge in [0.25, 0.3) is 0 Å². The summed E-state index contributed by atoms with van der Waals surface area (Å²) < 4.78 is 80.8. The van der Waals surface area contributed by atoms with E-state index in [1.165, 1.54) is 0 Å². The van der Waals surface area contributed by atoms with Gasteiger partial charge in [0, 0.05) is 6.92 Å². The summed E-state index contributed by atoms with van der Waals surface area (Å²) >= 11 is 0. The highest BCUT2D eigenvalue weighted by atomic mass is 19.4. The topological polar surface area (TPSA) is 0 Å². The van der Waals surface area contributed by atoms with E-state index in [-0.39, 0.29) is 0 Å². The Labute approximate surface area is 63.4 Å². The van der Waals surface area contributed by atoms with Crippen molar-refractivity contribution in [1.29, 1.82) is 0 Å². The molecular weight excluding hydrogens is 193 g/mol. The zero-order valence-corrected chi connectivity index (χ0v) is 5.56. The van der Waals surface area contributed by atoms with Crippen molar-refractivity contribution in [3.05, 3.63) is 6.92 Å². The summed E-state index contributed by atoms with van der Waals surface area (Å²) in [6.45, 7) is 1.64. The molecule has 0 aromatic rings. The molecule has 0 heterocycles. The molecule has 0 amide bonds.